The largest absolute Gasteiger partial charge is 0.462 e. The summed E-state index contributed by atoms with van der Waals surface area (Å²) in [4.78, 5) is 24.7. The van der Waals surface area contributed by atoms with Crippen LogP contribution in [0.1, 0.15) is 425 Å². The van der Waals surface area contributed by atoms with Gasteiger partial charge >= 0.3 is 11.9 Å². The topological polar surface area (TPSA) is 72.8 Å². The van der Waals surface area contributed by atoms with Crippen molar-refractivity contribution in [2.75, 3.05) is 13.2 Å². The van der Waals surface area contributed by atoms with Crippen LogP contribution >= 0.6 is 0 Å². The summed E-state index contributed by atoms with van der Waals surface area (Å²) in [6.45, 7) is 4.22. The average Bonchev–Trinajstić information content (AvgIpc) is 3.44. The van der Waals surface area contributed by atoms with Crippen molar-refractivity contribution in [3.05, 3.63) is 12.2 Å². The van der Waals surface area contributed by atoms with Crippen molar-refractivity contribution in [3.8, 4) is 0 Å². The van der Waals surface area contributed by atoms with Crippen LogP contribution in [-0.4, -0.2) is 36.4 Å². The number of rotatable bonds is 69. The van der Waals surface area contributed by atoms with E-state index >= 15 is 0 Å². The molecule has 0 spiro atoms. The third kappa shape index (κ3) is 67.1. The van der Waals surface area contributed by atoms with Crippen LogP contribution in [0.15, 0.2) is 12.2 Å². The molecule has 0 aliphatic heterocycles. The van der Waals surface area contributed by atoms with Gasteiger partial charge in [0.25, 0.3) is 0 Å². The van der Waals surface area contributed by atoms with E-state index in [9.17, 15) is 14.7 Å². The molecule has 0 aliphatic rings. The molecule has 1 N–H and O–H groups in total. The molecular weight excluding hydrogens is 957 g/mol. The number of carbonyl (C=O) groups is 2. The monoisotopic (exact) mass is 1100 g/mol. The smallest absolute Gasteiger partial charge is 0.306 e. The van der Waals surface area contributed by atoms with Gasteiger partial charge < -0.3 is 14.6 Å². The van der Waals surface area contributed by atoms with E-state index in [1.165, 1.54) is 366 Å². The van der Waals surface area contributed by atoms with Crippen molar-refractivity contribution >= 4 is 11.9 Å². The van der Waals surface area contributed by atoms with Gasteiger partial charge in [0.1, 0.15) is 6.61 Å². The highest BCUT2D eigenvalue weighted by Gasteiger charge is 2.16. The molecule has 1 atom stereocenters. The van der Waals surface area contributed by atoms with E-state index in [1.807, 2.05) is 0 Å². The molecule has 5 heteroatoms. The summed E-state index contributed by atoms with van der Waals surface area (Å²) in [5.41, 5.74) is 0. The number of aliphatic hydroxyl groups excluding tert-OH is 1. The van der Waals surface area contributed by atoms with Gasteiger partial charge in [-0.2, -0.15) is 0 Å². The summed E-state index contributed by atoms with van der Waals surface area (Å²) in [7, 11) is 0. The van der Waals surface area contributed by atoms with Crippen LogP contribution in [0.4, 0.5) is 0 Å². The van der Waals surface area contributed by atoms with Crippen LogP contribution in [0.3, 0.4) is 0 Å². The Balaban J connectivity index is 3.36. The van der Waals surface area contributed by atoms with Crippen molar-refractivity contribution in [1.29, 1.82) is 0 Å². The molecule has 0 aromatic heterocycles. The van der Waals surface area contributed by atoms with Gasteiger partial charge in [0, 0.05) is 12.8 Å². The number of esters is 2. The lowest BCUT2D eigenvalue weighted by molar-refractivity contribution is -0.161. The highest BCUT2D eigenvalue weighted by atomic mass is 16.6. The van der Waals surface area contributed by atoms with Crippen LogP contribution in [0, 0.1) is 0 Å². The fourth-order valence-electron chi connectivity index (χ4n) is 11.6. The molecule has 0 rings (SSSR count). The maximum atomic E-state index is 12.4. The quantitative estimate of drug-likeness (QED) is 0.0373. The summed E-state index contributed by atoms with van der Waals surface area (Å²) < 4.78 is 10.8. The third-order valence-electron chi connectivity index (χ3n) is 17.1. The first kappa shape index (κ1) is 76.6. The minimum Gasteiger partial charge on any atom is -0.462 e. The van der Waals surface area contributed by atoms with Crippen molar-refractivity contribution in [2.24, 2.45) is 0 Å². The molecular formula is C73H142O5. The number of carbonyl (C=O) groups excluding carboxylic acids is 2. The summed E-state index contributed by atoms with van der Waals surface area (Å²) >= 11 is 0. The predicted octanol–water partition coefficient (Wildman–Crippen LogP) is 25.0. The van der Waals surface area contributed by atoms with E-state index in [-0.39, 0.29) is 25.2 Å². The van der Waals surface area contributed by atoms with E-state index in [4.69, 9.17) is 9.47 Å². The Bertz CT molecular complexity index is 1150. The number of ether oxygens (including phenoxy) is 2. The Morgan fingerprint density at radius 3 is 0.692 bits per heavy atom. The van der Waals surface area contributed by atoms with E-state index in [1.54, 1.807) is 0 Å². The standard InChI is InChI=1S/C73H142O5/c1-3-5-7-9-11-13-15-17-19-21-23-25-27-29-31-33-35-36-38-40-42-44-46-48-50-52-54-56-58-60-62-64-66-68-73(76)78-71(69-74)70-77-72(75)67-65-63-61-59-57-55-53-51-49-47-45-43-41-39-37-34-32-30-28-26-24-22-20-18-16-14-12-10-8-6-4-2/h21,23,71,74H,3-20,22,24-70H2,1-2H3/b23-21-. The third-order valence-corrected chi connectivity index (χ3v) is 17.1. The van der Waals surface area contributed by atoms with E-state index < -0.39 is 6.10 Å². The van der Waals surface area contributed by atoms with Gasteiger partial charge in [-0.05, 0) is 38.5 Å². The second-order valence-corrected chi connectivity index (χ2v) is 25.0. The fourth-order valence-corrected chi connectivity index (χ4v) is 11.6. The van der Waals surface area contributed by atoms with Gasteiger partial charge in [0.05, 0.1) is 6.61 Å². The minimum absolute atomic E-state index is 0.0564. The lowest BCUT2D eigenvalue weighted by Crippen LogP contribution is -2.28. The van der Waals surface area contributed by atoms with Crippen molar-refractivity contribution in [2.45, 2.75) is 431 Å². The fraction of sp³-hybridized carbons (Fsp3) is 0.945. The molecule has 0 bridgehead atoms. The lowest BCUT2D eigenvalue weighted by atomic mass is 10.0. The Hall–Kier alpha value is -1.36. The zero-order valence-electron chi connectivity index (χ0n) is 53.5. The molecule has 0 fully saturated rings. The van der Waals surface area contributed by atoms with Gasteiger partial charge in [-0.3, -0.25) is 9.59 Å². The summed E-state index contributed by atoms with van der Waals surface area (Å²) in [6, 6.07) is 0. The summed E-state index contributed by atoms with van der Waals surface area (Å²) in [5.74, 6) is -0.560. The van der Waals surface area contributed by atoms with Crippen LogP contribution in [-0.2, 0) is 19.1 Å². The molecule has 0 heterocycles. The zero-order valence-corrected chi connectivity index (χ0v) is 53.5. The summed E-state index contributed by atoms with van der Waals surface area (Å²) in [5, 5.41) is 9.71. The van der Waals surface area contributed by atoms with Gasteiger partial charge in [0.2, 0.25) is 0 Å². The van der Waals surface area contributed by atoms with Crippen molar-refractivity contribution < 1.29 is 24.2 Å². The molecule has 0 radical (unpaired) electrons. The minimum atomic E-state index is -0.767. The van der Waals surface area contributed by atoms with Gasteiger partial charge in [-0.25, -0.2) is 0 Å². The maximum absolute atomic E-state index is 12.4. The first-order chi connectivity index (χ1) is 38.6. The highest BCUT2D eigenvalue weighted by Crippen LogP contribution is 2.20. The molecule has 0 aromatic rings. The molecule has 464 valence electrons. The molecule has 0 aromatic carbocycles. The van der Waals surface area contributed by atoms with Crippen LogP contribution in [0.5, 0.6) is 0 Å². The van der Waals surface area contributed by atoms with Crippen LogP contribution in [0.2, 0.25) is 0 Å². The average molecular weight is 1100 g/mol. The van der Waals surface area contributed by atoms with Gasteiger partial charge in [0.15, 0.2) is 6.10 Å². The first-order valence-electron chi connectivity index (χ1n) is 36.2. The number of unbranched alkanes of at least 4 members (excludes halogenated alkanes) is 59. The SMILES string of the molecule is CCCCCCCCCC/C=C\CCCCCCCCCCCCCCCCCCCCCCCC(=O)OC(CO)COC(=O)CCCCCCCCCCCCCCCCCCCCCCCCCCCCCCCCC. The van der Waals surface area contributed by atoms with Gasteiger partial charge in [-0.1, -0.05) is 386 Å². The Morgan fingerprint density at radius 1 is 0.282 bits per heavy atom. The predicted molar refractivity (Wildman–Crippen MR) is 344 cm³/mol. The Morgan fingerprint density at radius 2 is 0.474 bits per heavy atom. The first-order valence-corrected chi connectivity index (χ1v) is 36.2. The Labute approximate surface area is 490 Å². The molecule has 5 nitrogen and oxygen atoms in total. The number of hydrogen-bond donors (Lipinski definition) is 1. The molecule has 78 heavy (non-hydrogen) atoms. The van der Waals surface area contributed by atoms with Crippen LogP contribution in [0.25, 0.3) is 0 Å². The number of hydrogen-bond acceptors (Lipinski definition) is 5. The number of allylic oxidation sites excluding steroid dienone is 2. The second kappa shape index (κ2) is 69.9. The highest BCUT2D eigenvalue weighted by molar-refractivity contribution is 5.70. The van der Waals surface area contributed by atoms with E-state index in [2.05, 4.69) is 26.0 Å². The van der Waals surface area contributed by atoms with E-state index in [0.29, 0.717) is 12.8 Å². The lowest BCUT2D eigenvalue weighted by Gasteiger charge is -2.15. The van der Waals surface area contributed by atoms with Gasteiger partial charge in [-0.15, -0.1) is 0 Å². The normalized spacial score (nSPS) is 12.1. The molecule has 1 unspecified atom stereocenters. The van der Waals surface area contributed by atoms with Crippen LogP contribution < -0.4 is 0 Å². The maximum Gasteiger partial charge on any atom is 0.306 e. The molecule has 0 saturated carbocycles. The zero-order chi connectivity index (χ0) is 56.2. The second-order valence-electron chi connectivity index (χ2n) is 25.0. The number of aliphatic hydroxyl groups is 1. The Kier molecular flexibility index (Phi) is 68.7. The van der Waals surface area contributed by atoms with Crippen molar-refractivity contribution in [3.63, 3.8) is 0 Å². The van der Waals surface area contributed by atoms with E-state index in [0.717, 1.165) is 32.1 Å². The molecule has 0 amide bonds. The molecule has 0 saturated heterocycles. The van der Waals surface area contributed by atoms with Crippen molar-refractivity contribution in [1.82, 2.24) is 0 Å². The summed E-state index contributed by atoms with van der Waals surface area (Å²) in [6.07, 6.45) is 89.9. The molecule has 0 aliphatic carbocycles.